The van der Waals surface area contributed by atoms with Crippen molar-refractivity contribution in [2.75, 3.05) is 20.1 Å². The van der Waals surface area contributed by atoms with Crippen molar-refractivity contribution in [2.45, 2.75) is 84.7 Å². The van der Waals surface area contributed by atoms with Crippen LogP contribution in [0.1, 0.15) is 72.6 Å². The molecule has 2 heteroatoms. The number of hydrogen-bond acceptors (Lipinski definition) is 2. The Morgan fingerprint density at radius 1 is 0.944 bits per heavy atom. The van der Waals surface area contributed by atoms with Crippen LogP contribution in [0, 0.1) is 0 Å². The van der Waals surface area contributed by atoms with Gasteiger partial charge < -0.3 is 10.2 Å². The highest BCUT2D eigenvalue weighted by atomic mass is 15.1. The van der Waals surface area contributed by atoms with Crippen molar-refractivity contribution in [3.05, 3.63) is 0 Å². The van der Waals surface area contributed by atoms with Crippen LogP contribution in [-0.2, 0) is 0 Å². The summed E-state index contributed by atoms with van der Waals surface area (Å²) < 4.78 is 0. The van der Waals surface area contributed by atoms with E-state index in [1.807, 2.05) is 0 Å². The lowest BCUT2D eigenvalue weighted by Crippen LogP contribution is -2.32. The summed E-state index contributed by atoms with van der Waals surface area (Å²) in [6, 6.07) is 1.36. The molecule has 0 heterocycles. The van der Waals surface area contributed by atoms with Gasteiger partial charge in [0.25, 0.3) is 0 Å². The smallest absolute Gasteiger partial charge is 0.00387 e. The van der Waals surface area contributed by atoms with Crippen molar-refractivity contribution < 1.29 is 0 Å². The quantitative estimate of drug-likeness (QED) is 0.530. The van der Waals surface area contributed by atoms with E-state index < -0.39 is 0 Å². The minimum atomic E-state index is 0.668. The zero-order chi connectivity index (χ0) is 13.8. The molecule has 1 unspecified atom stereocenters. The molecular formula is C16H36N2. The Morgan fingerprint density at radius 2 is 1.61 bits per heavy atom. The highest BCUT2D eigenvalue weighted by Crippen LogP contribution is 2.07. The predicted octanol–water partition coefficient (Wildman–Crippen LogP) is 4.06. The molecule has 110 valence electrons. The first-order valence-electron chi connectivity index (χ1n) is 8.01. The maximum absolute atomic E-state index is 3.64. The zero-order valence-electron chi connectivity index (χ0n) is 13.5. The van der Waals surface area contributed by atoms with Gasteiger partial charge in [-0.05, 0) is 53.8 Å². The summed E-state index contributed by atoms with van der Waals surface area (Å²) in [4.78, 5) is 2.41. The topological polar surface area (TPSA) is 15.3 Å². The normalized spacial score (nSPS) is 13.5. The molecule has 0 aliphatic carbocycles. The number of rotatable bonds is 12. The fraction of sp³-hybridized carbons (Fsp3) is 1.00. The predicted molar refractivity (Wildman–Crippen MR) is 83.2 cm³/mol. The van der Waals surface area contributed by atoms with Crippen molar-refractivity contribution in [3.63, 3.8) is 0 Å². The lowest BCUT2D eigenvalue weighted by atomic mass is 10.1. The summed E-state index contributed by atoms with van der Waals surface area (Å²) >= 11 is 0. The lowest BCUT2D eigenvalue weighted by molar-refractivity contribution is 0.267. The van der Waals surface area contributed by atoms with Crippen LogP contribution in [0.4, 0.5) is 0 Å². The molecule has 0 rings (SSSR count). The second-order valence-electron chi connectivity index (χ2n) is 5.99. The van der Waals surface area contributed by atoms with Gasteiger partial charge in [-0.2, -0.15) is 0 Å². The first-order chi connectivity index (χ1) is 8.57. The van der Waals surface area contributed by atoms with Gasteiger partial charge in [-0.25, -0.2) is 0 Å². The first-order valence-corrected chi connectivity index (χ1v) is 8.01. The second kappa shape index (κ2) is 12.0. The van der Waals surface area contributed by atoms with E-state index in [0.717, 1.165) is 6.54 Å². The first kappa shape index (κ1) is 17.9. The van der Waals surface area contributed by atoms with Gasteiger partial charge in [0.2, 0.25) is 0 Å². The van der Waals surface area contributed by atoms with Crippen LogP contribution in [-0.4, -0.2) is 37.1 Å². The van der Waals surface area contributed by atoms with Crippen molar-refractivity contribution in [3.8, 4) is 0 Å². The van der Waals surface area contributed by atoms with E-state index in [2.05, 4.69) is 45.0 Å². The molecule has 1 atom stereocenters. The standard InChI is InChI=1S/C16H36N2/c1-6-7-8-9-10-12-16(4)17-13-11-14-18(5)15(2)3/h15-17H,6-14H2,1-5H3. The number of nitrogens with one attached hydrogen (secondary N) is 1. The van der Waals surface area contributed by atoms with E-state index in [-0.39, 0.29) is 0 Å². The second-order valence-corrected chi connectivity index (χ2v) is 5.99. The minimum Gasteiger partial charge on any atom is -0.314 e. The third-order valence-corrected chi connectivity index (χ3v) is 3.80. The van der Waals surface area contributed by atoms with Gasteiger partial charge >= 0.3 is 0 Å². The Balaban J connectivity index is 3.29. The monoisotopic (exact) mass is 256 g/mol. The molecule has 1 N–H and O–H groups in total. The molecule has 0 aliphatic rings. The molecule has 0 amide bonds. The van der Waals surface area contributed by atoms with Crippen molar-refractivity contribution in [1.82, 2.24) is 10.2 Å². The molecular weight excluding hydrogens is 220 g/mol. The van der Waals surface area contributed by atoms with E-state index in [1.54, 1.807) is 0 Å². The van der Waals surface area contributed by atoms with Gasteiger partial charge in [-0.15, -0.1) is 0 Å². The molecule has 0 fully saturated rings. The zero-order valence-corrected chi connectivity index (χ0v) is 13.5. The Hall–Kier alpha value is -0.0800. The van der Waals surface area contributed by atoms with Gasteiger partial charge in [0.05, 0.1) is 0 Å². The Morgan fingerprint density at radius 3 is 2.22 bits per heavy atom. The SMILES string of the molecule is CCCCCCCC(C)NCCCN(C)C(C)C. The van der Waals surface area contributed by atoms with Crippen molar-refractivity contribution >= 4 is 0 Å². The molecule has 18 heavy (non-hydrogen) atoms. The molecule has 0 aromatic rings. The Bertz CT molecular complexity index is 168. The highest BCUT2D eigenvalue weighted by molar-refractivity contribution is 4.63. The van der Waals surface area contributed by atoms with Crippen molar-refractivity contribution in [1.29, 1.82) is 0 Å². The average Bonchev–Trinajstić information content (AvgIpc) is 2.34. The third kappa shape index (κ3) is 11.0. The van der Waals surface area contributed by atoms with Crippen LogP contribution >= 0.6 is 0 Å². The van der Waals surface area contributed by atoms with Gasteiger partial charge in [0.1, 0.15) is 0 Å². The molecule has 2 nitrogen and oxygen atoms in total. The van der Waals surface area contributed by atoms with Crippen LogP contribution in [0.15, 0.2) is 0 Å². The molecule has 0 saturated heterocycles. The van der Waals surface area contributed by atoms with Gasteiger partial charge in [0.15, 0.2) is 0 Å². The van der Waals surface area contributed by atoms with Crippen LogP contribution in [0.3, 0.4) is 0 Å². The fourth-order valence-corrected chi connectivity index (χ4v) is 2.09. The van der Waals surface area contributed by atoms with Gasteiger partial charge in [-0.3, -0.25) is 0 Å². The summed E-state index contributed by atoms with van der Waals surface area (Å²) in [5.41, 5.74) is 0. The molecule has 0 bridgehead atoms. The molecule has 0 radical (unpaired) electrons. The number of nitrogens with zero attached hydrogens (tertiary/aromatic N) is 1. The van der Waals surface area contributed by atoms with E-state index in [4.69, 9.17) is 0 Å². The summed E-state index contributed by atoms with van der Waals surface area (Å²) in [5, 5.41) is 3.64. The molecule has 0 saturated carbocycles. The van der Waals surface area contributed by atoms with E-state index >= 15 is 0 Å². The van der Waals surface area contributed by atoms with Gasteiger partial charge in [0, 0.05) is 12.1 Å². The average molecular weight is 256 g/mol. The molecule has 0 aromatic carbocycles. The Labute approximate surface area is 116 Å². The number of hydrogen-bond donors (Lipinski definition) is 1. The summed E-state index contributed by atoms with van der Waals surface area (Å²) in [7, 11) is 2.21. The molecule has 0 aromatic heterocycles. The minimum absolute atomic E-state index is 0.668. The third-order valence-electron chi connectivity index (χ3n) is 3.80. The maximum Gasteiger partial charge on any atom is 0.00387 e. The van der Waals surface area contributed by atoms with E-state index in [9.17, 15) is 0 Å². The van der Waals surface area contributed by atoms with Crippen LogP contribution in [0.25, 0.3) is 0 Å². The molecule has 0 spiro atoms. The Kier molecular flexibility index (Phi) is 11.9. The largest absolute Gasteiger partial charge is 0.314 e. The highest BCUT2D eigenvalue weighted by Gasteiger charge is 2.03. The van der Waals surface area contributed by atoms with Crippen LogP contribution in [0.2, 0.25) is 0 Å². The van der Waals surface area contributed by atoms with Crippen molar-refractivity contribution in [2.24, 2.45) is 0 Å². The van der Waals surface area contributed by atoms with Crippen LogP contribution < -0.4 is 5.32 Å². The van der Waals surface area contributed by atoms with Crippen LogP contribution in [0.5, 0.6) is 0 Å². The van der Waals surface area contributed by atoms with Gasteiger partial charge in [-0.1, -0.05) is 39.0 Å². The maximum atomic E-state index is 3.64. The summed E-state index contributed by atoms with van der Waals surface area (Å²) in [5.74, 6) is 0. The lowest BCUT2D eigenvalue weighted by Gasteiger charge is -2.21. The molecule has 0 aliphatic heterocycles. The summed E-state index contributed by atoms with van der Waals surface area (Å²) in [6.07, 6.45) is 9.57. The van der Waals surface area contributed by atoms with E-state index in [1.165, 1.54) is 51.5 Å². The van der Waals surface area contributed by atoms with E-state index in [0.29, 0.717) is 12.1 Å². The fourth-order valence-electron chi connectivity index (χ4n) is 2.09. The summed E-state index contributed by atoms with van der Waals surface area (Å²) in [6.45, 7) is 11.5. The number of unbranched alkanes of at least 4 members (excludes halogenated alkanes) is 4.